The zero-order valence-corrected chi connectivity index (χ0v) is 13.7. The molecule has 0 atom stereocenters. The SMILES string of the molecule is CC(C)Oc1ccccc1Oc1c(F)c(F)c(S(=O)(=O)[O-])c(F)c1F. The van der Waals surface area contributed by atoms with Gasteiger partial charge in [-0.2, -0.15) is 8.78 Å². The summed E-state index contributed by atoms with van der Waals surface area (Å²) in [5.74, 6) is -10.8. The van der Waals surface area contributed by atoms with E-state index in [9.17, 15) is 30.5 Å². The first-order chi connectivity index (χ1) is 11.5. The van der Waals surface area contributed by atoms with Crippen LogP contribution in [0.3, 0.4) is 0 Å². The van der Waals surface area contributed by atoms with E-state index in [1.54, 1.807) is 13.8 Å². The lowest BCUT2D eigenvalue weighted by molar-refractivity contribution is 0.231. The molecular formula is C15H11F4O5S-. The van der Waals surface area contributed by atoms with Gasteiger partial charge in [-0.15, -0.1) is 0 Å². The van der Waals surface area contributed by atoms with Gasteiger partial charge in [-0.05, 0) is 26.0 Å². The standard InChI is InChI=1S/C15H12F4O5S/c1-7(2)23-8-5-3-4-6-9(8)24-14-10(16)12(18)15(25(20,21)22)13(19)11(14)17/h3-7H,1-2H3,(H,20,21,22)/p-1. The summed E-state index contributed by atoms with van der Waals surface area (Å²) in [5, 5.41) is 0. The summed E-state index contributed by atoms with van der Waals surface area (Å²) in [4.78, 5) is -2.25. The van der Waals surface area contributed by atoms with Gasteiger partial charge < -0.3 is 14.0 Å². The minimum atomic E-state index is -5.78. The molecule has 0 saturated carbocycles. The molecule has 0 spiro atoms. The third kappa shape index (κ3) is 3.85. The molecule has 2 aromatic rings. The predicted molar refractivity (Wildman–Crippen MR) is 76.5 cm³/mol. The van der Waals surface area contributed by atoms with Crippen molar-refractivity contribution in [3.63, 3.8) is 0 Å². The molecule has 10 heteroatoms. The first-order valence-corrected chi connectivity index (χ1v) is 8.20. The Kier molecular flexibility index (Phi) is 5.23. The Labute approximate surface area is 140 Å². The Morgan fingerprint density at radius 1 is 0.920 bits per heavy atom. The van der Waals surface area contributed by atoms with E-state index in [-0.39, 0.29) is 17.6 Å². The molecule has 0 bridgehead atoms. The fraction of sp³-hybridized carbons (Fsp3) is 0.200. The van der Waals surface area contributed by atoms with Crippen molar-refractivity contribution in [2.24, 2.45) is 0 Å². The van der Waals surface area contributed by atoms with Crippen LogP contribution < -0.4 is 9.47 Å². The van der Waals surface area contributed by atoms with Gasteiger partial charge in [0.1, 0.15) is 15.0 Å². The van der Waals surface area contributed by atoms with Gasteiger partial charge in [-0.25, -0.2) is 17.2 Å². The normalized spacial score (nSPS) is 11.7. The molecule has 25 heavy (non-hydrogen) atoms. The molecule has 0 heterocycles. The van der Waals surface area contributed by atoms with Gasteiger partial charge in [0.2, 0.25) is 17.4 Å². The van der Waals surface area contributed by atoms with Gasteiger partial charge >= 0.3 is 0 Å². The van der Waals surface area contributed by atoms with Crippen molar-refractivity contribution in [1.29, 1.82) is 0 Å². The lowest BCUT2D eigenvalue weighted by atomic mass is 10.2. The van der Waals surface area contributed by atoms with Crippen LogP contribution in [0.2, 0.25) is 0 Å². The minimum absolute atomic E-state index is 0.0256. The Balaban J connectivity index is 2.60. The summed E-state index contributed by atoms with van der Waals surface area (Å²) < 4.78 is 98.0. The van der Waals surface area contributed by atoms with E-state index in [1.165, 1.54) is 24.3 Å². The second-order valence-electron chi connectivity index (χ2n) is 5.08. The summed E-state index contributed by atoms with van der Waals surface area (Å²) in [6.07, 6.45) is -0.346. The molecular weight excluding hydrogens is 368 g/mol. The molecule has 136 valence electrons. The van der Waals surface area contributed by atoms with Crippen molar-refractivity contribution in [3.05, 3.63) is 47.5 Å². The average Bonchev–Trinajstić information content (AvgIpc) is 2.49. The number of hydrogen-bond acceptors (Lipinski definition) is 5. The van der Waals surface area contributed by atoms with Crippen molar-refractivity contribution in [2.75, 3.05) is 0 Å². The van der Waals surface area contributed by atoms with Crippen LogP contribution in [0.4, 0.5) is 17.6 Å². The van der Waals surface area contributed by atoms with Crippen LogP contribution in [0.5, 0.6) is 17.2 Å². The molecule has 0 radical (unpaired) electrons. The van der Waals surface area contributed by atoms with Crippen LogP contribution in [0.25, 0.3) is 0 Å². The molecule has 5 nitrogen and oxygen atoms in total. The number of halogens is 4. The molecule has 0 fully saturated rings. The number of benzene rings is 2. The van der Waals surface area contributed by atoms with Crippen LogP contribution in [0.15, 0.2) is 29.2 Å². The first kappa shape index (κ1) is 19.0. The fourth-order valence-electron chi connectivity index (χ4n) is 1.90. The number of para-hydroxylation sites is 2. The maximum atomic E-state index is 14.0. The van der Waals surface area contributed by atoms with Crippen LogP contribution in [-0.4, -0.2) is 19.1 Å². The highest BCUT2D eigenvalue weighted by atomic mass is 32.2. The predicted octanol–water partition coefficient (Wildman–Crippen LogP) is 3.73. The smallest absolute Gasteiger partial charge is 0.205 e. The zero-order valence-electron chi connectivity index (χ0n) is 12.8. The molecule has 0 aliphatic heterocycles. The monoisotopic (exact) mass is 379 g/mol. The van der Waals surface area contributed by atoms with Crippen LogP contribution in [0, 0.1) is 23.3 Å². The van der Waals surface area contributed by atoms with E-state index in [0.717, 1.165) is 0 Å². The molecule has 0 unspecified atom stereocenters. The molecule has 0 saturated heterocycles. The number of hydrogen-bond donors (Lipinski definition) is 0. The van der Waals surface area contributed by atoms with Crippen molar-refractivity contribution >= 4 is 10.1 Å². The van der Waals surface area contributed by atoms with E-state index < -0.39 is 44.0 Å². The van der Waals surface area contributed by atoms with Crippen LogP contribution in [0.1, 0.15) is 13.8 Å². The minimum Gasteiger partial charge on any atom is -0.744 e. The van der Waals surface area contributed by atoms with Gasteiger partial charge in [-0.1, -0.05) is 12.1 Å². The summed E-state index contributed by atoms with van der Waals surface area (Å²) >= 11 is 0. The highest BCUT2D eigenvalue weighted by molar-refractivity contribution is 7.85. The van der Waals surface area contributed by atoms with E-state index >= 15 is 0 Å². The second kappa shape index (κ2) is 6.89. The van der Waals surface area contributed by atoms with Gasteiger partial charge in [0.15, 0.2) is 23.1 Å². The average molecular weight is 379 g/mol. The molecule has 0 aliphatic carbocycles. The molecule has 0 amide bonds. The quantitative estimate of drug-likeness (QED) is 0.450. The van der Waals surface area contributed by atoms with Gasteiger partial charge in [0.05, 0.1) is 6.10 Å². The Bertz CT molecular complexity index is 883. The van der Waals surface area contributed by atoms with Crippen LogP contribution >= 0.6 is 0 Å². The molecule has 2 aromatic carbocycles. The van der Waals surface area contributed by atoms with E-state index in [1.807, 2.05) is 0 Å². The number of ether oxygens (including phenoxy) is 2. The number of rotatable bonds is 5. The van der Waals surface area contributed by atoms with Gasteiger partial charge in [0, 0.05) is 0 Å². The molecule has 2 rings (SSSR count). The van der Waals surface area contributed by atoms with Crippen LogP contribution in [-0.2, 0) is 10.1 Å². The largest absolute Gasteiger partial charge is 0.744 e. The third-order valence-electron chi connectivity index (χ3n) is 2.86. The van der Waals surface area contributed by atoms with Crippen molar-refractivity contribution in [2.45, 2.75) is 24.8 Å². The van der Waals surface area contributed by atoms with E-state index in [4.69, 9.17) is 9.47 Å². The highest BCUT2D eigenvalue weighted by Gasteiger charge is 2.30. The fourth-order valence-corrected chi connectivity index (χ4v) is 2.51. The summed E-state index contributed by atoms with van der Waals surface area (Å²) in [6.45, 7) is 3.32. The van der Waals surface area contributed by atoms with Crippen molar-refractivity contribution in [3.8, 4) is 17.2 Å². The van der Waals surface area contributed by atoms with Crippen molar-refractivity contribution < 1.29 is 40.0 Å². The van der Waals surface area contributed by atoms with Gasteiger partial charge in [-0.3, -0.25) is 0 Å². The molecule has 0 aromatic heterocycles. The maximum absolute atomic E-state index is 14.0. The second-order valence-corrected chi connectivity index (χ2v) is 6.40. The lowest BCUT2D eigenvalue weighted by Crippen LogP contribution is -2.12. The van der Waals surface area contributed by atoms with Crippen molar-refractivity contribution in [1.82, 2.24) is 0 Å². The Hall–Kier alpha value is -2.33. The Morgan fingerprint density at radius 2 is 1.40 bits per heavy atom. The zero-order chi connectivity index (χ0) is 18.9. The topological polar surface area (TPSA) is 75.7 Å². The van der Waals surface area contributed by atoms with E-state index in [2.05, 4.69) is 0 Å². The van der Waals surface area contributed by atoms with Gasteiger partial charge in [0.25, 0.3) is 0 Å². The van der Waals surface area contributed by atoms with E-state index in [0.29, 0.717) is 0 Å². The summed E-state index contributed by atoms with van der Waals surface area (Å²) in [5.41, 5.74) is 0. The molecule has 0 aliphatic rings. The maximum Gasteiger partial charge on any atom is 0.205 e. The summed E-state index contributed by atoms with van der Waals surface area (Å²) in [6, 6.07) is 5.52. The first-order valence-electron chi connectivity index (χ1n) is 6.79. The molecule has 0 N–H and O–H groups in total. The highest BCUT2D eigenvalue weighted by Crippen LogP contribution is 2.38. The Morgan fingerprint density at radius 3 is 1.84 bits per heavy atom. The third-order valence-corrected chi connectivity index (χ3v) is 3.72. The summed E-state index contributed by atoms with van der Waals surface area (Å²) in [7, 11) is -5.78. The lowest BCUT2D eigenvalue weighted by Gasteiger charge is -2.17.